The van der Waals surface area contributed by atoms with Crippen LogP contribution in [0.3, 0.4) is 0 Å². The van der Waals surface area contributed by atoms with Crippen LogP contribution in [0.25, 0.3) is 0 Å². The quantitative estimate of drug-likeness (QED) is 0.0261. The van der Waals surface area contributed by atoms with Crippen LogP contribution in [0.2, 0.25) is 0 Å². The lowest BCUT2D eigenvalue weighted by Gasteiger charge is -2.18. The fourth-order valence-electron chi connectivity index (χ4n) is 9.55. The predicted molar refractivity (Wildman–Crippen MR) is 357 cm³/mol. The average Bonchev–Trinajstić information content (AvgIpc) is 3.47. The minimum atomic E-state index is -0.803. The fraction of sp³-hybridized carbons (Fsp3) is 0.697. The highest BCUT2D eigenvalue weighted by Gasteiger charge is 2.19. The summed E-state index contributed by atoms with van der Waals surface area (Å²) in [6.07, 6.45) is 96.3. The van der Waals surface area contributed by atoms with Crippen LogP contribution in [0.1, 0.15) is 323 Å². The first kappa shape index (κ1) is 77.8. The van der Waals surface area contributed by atoms with Gasteiger partial charge in [-0.25, -0.2) is 0 Å². The second-order valence-electron chi connectivity index (χ2n) is 22.7. The molecule has 0 N–H and O–H groups in total. The summed E-state index contributed by atoms with van der Waals surface area (Å²) in [5.74, 6) is -0.930. The van der Waals surface area contributed by atoms with Crippen LogP contribution in [-0.4, -0.2) is 37.2 Å². The monoisotopic (exact) mass is 1140 g/mol. The first-order chi connectivity index (χ1) is 40.5. The van der Waals surface area contributed by atoms with Crippen molar-refractivity contribution in [3.8, 4) is 0 Å². The molecule has 0 aromatic carbocycles. The van der Waals surface area contributed by atoms with E-state index < -0.39 is 6.10 Å². The minimum absolute atomic E-state index is 0.0941. The van der Waals surface area contributed by atoms with Crippen molar-refractivity contribution in [2.45, 2.75) is 329 Å². The maximum Gasteiger partial charge on any atom is 0.306 e. The molecule has 1 unspecified atom stereocenters. The van der Waals surface area contributed by atoms with Gasteiger partial charge in [0, 0.05) is 19.3 Å². The average molecular weight is 1140 g/mol. The SMILES string of the molecule is CC/C=C\C/C=C\C/C=C\C/C=C\C/C=C\C/C=C\C/C=C\CCCCCC(=O)OCC(COC(=O)CCCCCCCCCCCCCCCCCCCC)OC(=O)CCCCCCCC/C=C\C/C=C\C/C=C\CCCCCCC. The third-order valence-electron chi connectivity index (χ3n) is 14.7. The van der Waals surface area contributed by atoms with Gasteiger partial charge in [0.1, 0.15) is 13.2 Å². The lowest BCUT2D eigenvalue weighted by molar-refractivity contribution is -0.167. The van der Waals surface area contributed by atoms with Crippen molar-refractivity contribution in [2.24, 2.45) is 0 Å². The first-order valence-electron chi connectivity index (χ1n) is 34.5. The van der Waals surface area contributed by atoms with Crippen molar-refractivity contribution in [1.29, 1.82) is 0 Å². The van der Waals surface area contributed by atoms with Gasteiger partial charge in [0.05, 0.1) is 0 Å². The summed E-state index contributed by atoms with van der Waals surface area (Å²) in [6.45, 7) is 6.51. The van der Waals surface area contributed by atoms with Crippen molar-refractivity contribution in [2.75, 3.05) is 13.2 Å². The molecule has 0 aromatic heterocycles. The van der Waals surface area contributed by atoms with Crippen LogP contribution in [0.5, 0.6) is 0 Å². The molecule has 0 fully saturated rings. The maximum absolute atomic E-state index is 13.0. The molecule has 468 valence electrons. The first-order valence-corrected chi connectivity index (χ1v) is 34.5. The van der Waals surface area contributed by atoms with Crippen LogP contribution in [0, 0.1) is 0 Å². The van der Waals surface area contributed by atoms with Gasteiger partial charge in [0.25, 0.3) is 0 Å². The molecule has 0 radical (unpaired) electrons. The Balaban J connectivity index is 4.48. The molecule has 0 aliphatic carbocycles. The topological polar surface area (TPSA) is 78.9 Å². The molecule has 6 heteroatoms. The molecule has 0 spiro atoms. The molecule has 0 saturated heterocycles. The lowest BCUT2D eigenvalue weighted by atomic mass is 10.0. The highest BCUT2D eigenvalue weighted by Crippen LogP contribution is 2.16. The number of rotatable bonds is 62. The van der Waals surface area contributed by atoms with E-state index in [1.54, 1.807) is 0 Å². The van der Waals surface area contributed by atoms with Gasteiger partial charge in [-0.15, -0.1) is 0 Å². The Labute approximate surface area is 507 Å². The Morgan fingerprint density at radius 2 is 0.476 bits per heavy atom. The highest BCUT2D eigenvalue weighted by molar-refractivity contribution is 5.71. The Morgan fingerprint density at radius 3 is 0.756 bits per heavy atom. The largest absolute Gasteiger partial charge is 0.462 e. The molecule has 0 heterocycles. The predicted octanol–water partition coefficient (Wildman–Crippen LogP) is 23.9. The summed E-state index contributed by atoms with van der Waals surface area (Å²) in [5.41, 5.74) is 0. The summed E-state index contributed by atoms with van der Waals surface area (Å²) in [6, 6.07) is 0. The maximum atomic E-state index is 13.0. The van der Waals surface area contributed by atoms with Gasteiger partial charge >= 0.3 is 17.9 Å². The summed E-state index contributed by atoms with van der Waals surface area (Å²) in [5, 5.41) is 0. The van der Waals surface area contributed by atoms with Gasteiger partial charge in [-0.2, -0.15) is 0 Å². The number of allylic oxidation sites excluding steroid dienone is 20. The number of carbonyl (C=O) groups excluding carboxylic acids is 3. The molecular weight excluding hydrogens is 1010 g/mol. The Kier molecular flexibility index (Phi) is 65.8. The van der Waals surface area contributed by atoms with E-state index in [1.807, 2.05) is 0 Å². The molecule has 0 bridgehead atoms. The third-order valence-corrected chi connectivity index (χ3v) is 14.7. The molecule has 0 aliphatic rings. The Morgan fingerprint density at radius 1 is 0.256 bits per heavy atom. The molecule has 6 nitrogen and oxygen atoms in total. The normalized spacial score (nSPS) is 12.9. The zero-order valence-electron chi connectivity index (χ0n) is 53.7. The van der Waals surface area contributed by atoms with Gasteiger partial charge in [-0.05, 0) is 116 Å². The van der Waals surface area contributed by atoms with E-state index in [9.17, 15) is 14.4 Å². The van der Waals surface area contributed by atoms with Crippen molar-refractivity contribution in [3.05, 3.63) is 122 Å². The van der Waals surface area contributed by atoms with Crippen LogP contribution in [0.15, 0.2) is 122 Å². The number of carbonyl (C=O) groups is 3. The lowest BCUT2D eigenvalue weighted by Crippen LogP contribution is -2.30. The van der Waals surface area contributed by atoms with Crippen LogP contribution in [0.4, 0.5) is 0 Å². The van der Waals surface area contributed by atoms with Gasteiger partial charge in [0.2, 0.25) is 0 Å². The van der Waals surface area contributed by atoms with E-state index in [4.69, 9.17) is 14.2 Å². The van der Waals surface area contributed by atoms with E-state index in [2.05, 4.69) is 142 Å². The number of hydrogen-bond acceptors (Lipinski definition) is 6. The smallest absolute Gasteiger partial charge is 0.306 e. The van der Waals surface area contributed by atoms with Crippen LogP contribution in [-0.2, 0) is 28.6 Å². The van der Waals surface area contributed by atoms with E-state index in [1.165, 1.54) is 148 Å². The van der Waals surface area contributed by atoms with E-state index in [-0.39, 0.29) is 31.1 Å². The van der Waals surface area contributed by atoms with Gasteiger partial charge in [-0.1, -0.05) is 309 Å². The zero-order chi connectivity index (χ0) is 59.2. The van der Waals surface area contributed by atoms with Crippen LogP contribution < -0.4 is 0 Å². The molecule has 0 aliphatic heterocycles. The molecule has 0 amide bonds. The Hall–Kier alpha value is -4.19. The van der Waals surface area contributed by atoms with Crippen molar-refractivity contribution < 1.29 is 28.6 Å². The van der Waals surface area contributed by atoms with Gasteiger partial charge in [0.15, 0.2) is 6.10 Å². The molecule has 0 saturated carbocycles. The standard InChI is InChI=1S/C76H128O6/c1-4-7-10-13-16-19-22-25-28-31-34-36-37-38-39-41-42-45-48-51-54-57-60-63-66-69-75(78)81-72-73(71-80-74(77)68-65-62-59-56-53-50-47-44-33-30-27-24-21-18-15-12-9-6-3)82-76(79)70-67-64-61-58-55-52-49-46-43-40-35-32-29-26-23-20-17-14-11-8-5-2/h7,10,16,19,23,25-26,28,32,34-36,38-39,42-43,45-46,51,54,73H,4-6,8-9,11-15,17-18,20-22,24,27,29-31,33,37,40-41,44,47-50,52-53,55-72H2,1-3H3/b10-7-,19-16-,26-23-,28-25-,35-32-,36-34-,39-38-,45-42-,46-43-,54-51-. The Bertz CT molecular complexity index is 1690. The van der Waals surface area contributed by atoms with E-state index in [0.717, 1.165) is 135 Å². The molecule has 0 aromatic rings. The minimum Gasteiger partial charge on any atom is -0.462 e. The fourth-order valence-corrected chi connectivity index (χ4v) is 9.55. The number of ether oxygens (including phenoxy) is 3. The highest BCUT2D eigenvalue weighted by atomic mass is 16.6. The molecular formula is C76H128O6. The van der Waals surface area contributed by atoms with Gasteiger partial charge < -0.3 is 14.2 Å². The number of hydrogen-bond donors (Lipinski definition) is 0. The summed E-state index contributed by atoms with van der Waals surface area (Å²) in [4.78, 5) is 38.5. The van der Waals surface area contributed by atoms with Crippen molar-refractivity contribution >= 4 is 17.9 Å². The molecule has 1 atom stereocenters. The summed E-state index contributed by atoms with van der Waals surface area (Å²) >= 11 is 0. The molecule has 82 heavy (non-hydrogen) atoms. The van der Waals surface area contributed by atoms with Crippen molar-refractivity contribution in [1.82, 2.24) is 0 Å². The summed E-state index contributed by atoms with van der Waals surface area (Å²) < 4.78 is 17.0. The van der Waals surface area contributed by atoms with Crippen LogP contribution >= 0.6 is 0 Å². The summed E-state index contributed by atoms with van der Waals surface area (Å²) in [7, 11) is 0. The number of esters is 3. The second-order valence-corrected chi connectivity index (χ2v) is 22.7. The second kappa shape index (κ2) is 69.3. The van der Waals surface area contributed by atoms with Gasteiger partial charge in [-0.3, -0.25) is 14.4 Å². The van der Waals surface area contributed by atoms with E-state index >= 15 is 0 Å². The molecule has 0 rings (SSSR count). The van der Waals surface area contributed by atoms with E-state index in [0.29, 0.717) is 19.3 Å². The zero-order valence-corrected chi connectivity index (χ0v) is 53.7. The number of unbranched alkanes of at least 4 members (excludes halogenated alkanes) is 31. The third kappa shape index (κ3) is 66.6. The van der Waals surface area contributed by atoms with Crippen molar-refractivity contribution in [3.63, 3.8) is 0 Å².